The molecular formula is C20H34N4O5. The summed E-state index contributed by atoms with van der Waals surface area (Å²) in [5.74, 6) is 0.0114. The van der Waals surface area contributed by atoms with Crippen molar-refractivity contribution in [1.29, 1.82) is 0 Å². The number of piperidine rings is 1. The quantitative estimate of drug-likeness (QED) is 0.712. The molecule has 3 amide bonds. The van der Waals surface area contributed by atoms with E-state index in [1.807, 2.05) is 27.7 Å². The van der Waals surface area contributed by atoms with Crippen LogP contribution in [0.25, 0.3) is 0 Å². The number of nitrogens with zero attached hydrogens (tertiary/aromatic N) is 3. The Kier molecular flexibility index (Phi) is 6.68. The smallest absolute Gasteiger partial charge is 0.433 e. The molecule has 0 aliphatic carbocycles. The molecule has 9 nitrogen and oxygen atoms in total. The fourth-order valence-corrected chi connectivity index (χ4v) is 4.63. The molecule has 3 unspecified atom stereocenters. The number of amides is 3. The van der Waals surface area contributed by atoms with Gasteiger partial charge in [-0.05, 0) is 50.6 Å². The molecule has 0 aromatic rings. The zero-order valence-electron chi connectivity index (χ0n) is 17.8. The van der Waals surface area contributed by atoms with Gasteiger partial charge in [-0.1, -0.05) is 27.7 Å². The number of carboxylic acid groups (broad SMARTS) is 1. The molecule has 3 fully saturated rings. The number of hydrogen-bond donors (Lipinski definition) is 2. The van der Waals surface area contributed by atoms with Gasteiger partial charge in [0.2, 0.25) is 5.91 Å². The highest BCUT2D eigenvalue weighted by atomic mass is 16.7. The highest BCUT2D eigenvalue weighted by Crippen LogP contribution is 2.33. The van der Waals surface area contributed by atoms with Crippen LogP contribution in [0.4, 0.5) is 4.79 Å². The number of rotatable bonds is 5. The summed E-state index contributed by atoms with van der Waals surface area (Å²) >= 11 is 0. The molecular weight excluding hydrogens is 376 g/mol. The van der Waals surface area contributed by atoms with Crippen LogP contribution in [0, 0.1) is 11.8 Å². The summed E-state index contributed by atoms with van der Waals surface area (Å²) in [5, 5.41) is 14.0. The van der Waals surface area contributed by atoms with Crippen molar-refractivity contribution < 1.29 is 24.3 Å². The largest absolute Gasteiger partial charge is 0.463 e. The molecule has 3 saturated heterocycles. The minimum atomic E-state index is -1.23. The number of nitrogens with one attached hydrogen (secondary N) is 1. The van der Waals surface area contributed by atoms with E-state index in [-0.39, 0.29) is 36.2 Å². The van der Waals surface area contributed by atoms with Crippen molar-refractivity contribution in [3.8, 4) is 0 Å². The van der Waals surface area contributed by atoms with Crippen LogP contribution in [-0.2, 0) is 14.4 Å². The first-order chi connectivity index (χ1) is 13.7. The van der Waals surface area contributed by atoms with Crippen molar-refractivity contribution in [2.24, 2.45) is 11.8 Å². The molecule has 0 radical (unpaired) electrons. The van der Waals surface area contributed by atoms with E-state index < -0.39 is 24.4 Å². The second kappa shape index (κ2) is 8.87. The monoisotopic (exact) mass is 410 g/mol. The molecule has 3 atom stereocenters. The van der Waals surface area contributed by atoms with Crippen LogP contribution >= 0.6 is 0 Å². The van der Waals surface area contributed by atoms with Crippen LogP contribution in [0.3, 0.4) is 0 Å². The maximum atomic E-state index is 13.5. The van der Waals surface area contributed by atoms with Crippen molar-refractivity contribution in [2.45, 2.75) is 77.7 Å². The SMILES string of the molecule is CC(C)CC1ON(C(=O)O)C2CN(C3CCNCC3)C(=O)C(CC(C)C)N2C1=O. The van der Waals surface area contributed by atoms with Gasteiger partial charge in [0, 0.05) is 6.04 Å². The third kappa shape index (κ3) is 4.50. The second-order valence-corrected chi connectivity index (χ2v) is 9.18. The van der Waals surface area contributed by atoms with E-state index in [2.05, 4.69) is 5.32 Å². The Morgan fingerprint density at radius 3 is 2.28 bits per heavy atom. The van der Waals surface area contributed by atoms with Crippen molar-refractivity contribution >= 4 is 17.9 Å². The highest BCUT2D eigenvalue weighted by molar-refractivity contribution is 5.92. The number of carbonyl (C=O) groups excluding carboxylic acids is 2. The summed E-state index contributed by atoms with van der Waals surface area (Å²) < 4.78 is 0. The highest BCUT2D eigenvalue weighted by Gasteiger charge is 2.54. The van der Waals surface area contributed by atoms with E-state index in [4.69, 9.17) is 4.84 Å². The van der Waals surface area contributed by atoms with Crippen LogP contribution in [0.5, 0.6) is 0 Å². The van der Waals surface area contributed by atoms with Gasteiger partial charge < -0.3 is 20.2 Å². The van der Waals surface area contributed by atoms with E-state index in [9.17, 15) is 19.5 Å². The van der Waals surface area contributed by atoms with Crippen LogP contribution in [0.1, 0.15) is 53.4 Å². The first-order valence-electron chi connectivity index (χ1n) is 10.7. The molecule has 164 valence electrons. The third-order valence-corrected chi connectivity index (χ3v) is 5.94. The Hall–Kier alpha value is -1.87. The van der Waals surface area contributed by atoms with Gasteiger partial charge in [-0.25, -0.2) is 4.79 Å². The fraction of sp³-hybridized carbons (Fsp3) is 0.850. The normalized spacial score (nSPS) is 29.0. The lowest BCUT2D eigenvalue weighted by Crippen LogP contribution is -2.74. The summed E-state index contributed by atoms with van der Waals surface area (Å²) in [5.41, 5.74) is 0. The standard InChI is InChI=1S/C20H34N4O5/c1-12(2)9-15-18(25)22(14-5-7-21-8-6-14)11-17-23(15)19(26)16(10-13(3)4)29-24(17)20(27)28/h12-17,21H,5-11H2,1-4H3,(H,27,28). The number of carbonyl (C=O) groups is 3. The van der Waals surface area contributed by atoms with E-state index in [1.165, 1.54) is 4.90 Å². The third-order valence-electron chi connectivity index (χ3n) is 5.94. The van der Waals surface area contributed by atoms with Crippen molar-refractivity contribution in [1.82, 2.24) is 20.2 Å². The number of hydrogen-bond acceptors (Lipinski definition) is 5. The van der Waals surface area contributed by atoms with E-state index in [0.717, 1.165) is 31.0 Å². The van der Waals surface area contributed by atoms with E-state index in [0.29, 0.717) is 12.8 Å². The first-order valence-corrected chi connectivity index (χ1v) is 10.7. The summed E-state index contributed by atoms with van der Waals surface area (Å²) in [6, 6.07) is -0.601. The second-order valence-electron chi connectivity index (χ2n) is 9.18. The Labute approximate surface area is 172 Å². The summed E-state index contributed by atoms with van der Waals surface area (Å²) in [6.07, 6.45) is -0.356. The predicted octanol–water partition coefficient (Wildman–Crippen LogP) is 1.49. The van der Waals surface area contributed by atoms with Gasteiger partial charge in [-0.3, -0.25) is 14.4 Å². The van der Waals surface area contributed by atoms with Gasteiger partial charge in [-0.2, -0.15) is 5.06 Å². The lowest BCUT2D eigenvalue weighted by atomic mass is 9.93. The van der Waals surface area contributed by atoms with Gasteiger partial charge in [0.25, 0.3) is 5.91 Å². The van der Waals surface area contributed by atoms with Crippen LogP contribution in [0.15, 0.2) is 0 Å². The first kappa shape index (κ1) is 21.8. The molecule has 0 aromatic heterocycles. The molecule has 0 saturated carbocycles. The molecule has 0 bridgehead atoms. The van der Waals surface area contributed by atoms with Gasteiger partial charge in [0.1, 0.15) is 6.04 Å². The predicted molar refractivity (Wildman–Crippen MR) is 106 cm³/mol. The molecule has 3 heterocycles. The average molecular weight is 411 g/mol. The zero-order valence-corrected chi connectivity index (χ0v) is 17.8. The van der Waals surface area contributed by atoms with Gasteiger partial charge in [-0.15, -0.1) is 0 Å². The maximum Gasteiger partial charge on any atom is 0.433 e. The van der Waals surface area contributed by atoms with Crippen LogP contribution in [0.2, 0.25) is 0 Å². The van der Waals surface area contributed by atoms with Crippen molar-refractivity contribution in [3.05, 3.63) is 0 Å². The lowest BCUT2D eigenvalue weighted by Gasteiger charge is -2.54. The average Bonchev–Trinajstić information content (AvgIpc) is 2.65. The van der Waals surface area contributed by atoms with E-state index in [1.54, 1.807) is 4.90 Å². The summed E-state index contributed by atoms with van der Waals surface area (Å²) in [4.78, 5) is 47.7. The summed E-state index contributed by atoms with van der Waals surface area (Å²) in [6.45, 7) is 9.75. The molecule has 9 heteroatoms. The Morgan fingerprint density at radius 1 is 1.10 bits per heavy atom. The minimum absolute atomic E-state index is 0.0553. The summed E-state index contributed by atoms with van der Waals surface area (Å²) in [7, 11) is 0. The van der Waals surface area contributed by atoms with Crippen molar-refractivity contribution in [2.75, 3.05) is 19.6 Å². The number of fused-ring (bicyclic) bond motifs is 1. The lowest BCUT2D eigenvalue weighted by molar-refractivity contribution is -0.268. The van der Waals surface area contributed by atoms with Gasteiger partial charge >= 0.3 is 6.09 Å². The van der Waals surface area contributed by atoms with E-state index >= 15 is 0 Å². The molecule has 3 aliphatic heterocycles. The molecule has 3 rings (SSSR count). The molecule has 0 spiro atoms. The zero-order chi connectivity index (χ0) is 21.3. The Morgan fingerprint density at radius 2 is 1.72 bits per heavy atom. The number of piperazine rings is 1. The van der Waals surface area contributed by atoms with Gasteiger partial charge in [0.05, 0.1) is 6.54 Å². The molecule has 0 aromatic carbocycles. The Balaban J connectivity index is 1.95. The topological polar surface area (TPSA) is 102 Å². The molecule has 2 N–H and O–H groups in total. The van der Waals surface area contributed by atoms with Crippen LogP contribution in [-0.4, -0.2) is 81.9 Å². The van der Waals surface area contributed by atoms with Crippen molar-refractivity contribution in [3.63, 3.8) is 0 Å². The fourth-order valence-electron chi connectivity index (χ4n) is 4.63. The Bertz CT molecular complexity index is 634. The molecule has 29 heavy (non-hydrogen) atoms. The number of hydroxylamine groups is 2. The minimum Gasteiger partial charge on any atom is -0.463 e. The van der Waals surface area contributed by atoms with Crippen LogP contribution < -0.4 is 5.32 Å². The van der Waals surface area contributed by atoms with Gasteiger partial charge in [0.15, 0.2) is 12.3 Å². The maximum absolute atomic E-state index is 13.5. The molecule has 3 aliphatic rings.